The van der Waals surface area contributed by atoms with Crippen LogP contribution in [-0.4, -0.2) is 30.4 Å². The fourth-order valence-electron chi connectivity index (χ4n) is 2.77. The second-order valence-corrected chi connectivity index (χ2v) is 7.42. The van der Waals surface area contributed by atoms with Crippen LogP contribution in [0.2, 0.25) is 0 Å². The molecule has 0 spiro atoms. The Hall–Kier alpha value is -2.82. The molecule has 1 aromatic heterocycles. The molecule has 3 aromatic rings. The Morgan fingerprint density at radius 2 is 1.86 bits per heavy atom. The molecule has 28 heavy (non-hydrogen) atoms. The number of nitrogens with two attached hydrogens (primary N) is 1. The number of ether oxygens (including phenoxy) is 1. The number of aliphatic hydroxyl groups is 1. The number of primary sulfonamides is 1. The van der Waals surface area contributed by atoms with Gasteiger partial charge in [-0.1, -0.05) is 0 Å². The fourth-order valence-corrected chi connectivity index (χ4v) is 3.52. The van der Waals surface area contributed by atoms with E-state index in [4.69, 9.17) is 9.88 Å². The number of sulfonamides is 1. The molecule has 7 nitrogen and oxygen atoms in total. The maximum atomic E-state index is 13.2. The van der Waals surface area contributed by atoms with E-state index in [0.29, 0.717) is 22.7 Å². The number of rotatable bonds is 6. The summed E-state index contributed by atoms with van der Waals surface area (Å²) in [6.45, 7) is -0.597. The van der Waals surface area contributed by atoms with E-state index >= 15 is 0 Å². The lowest BCUT2D eigenvalue weighted by molar-refractivity contribution is 0.145. The van der Waals surface area contributed by atoms with E-state index in [9.17, 15) is 22.3 Å². The molecule has 0 unspecified atom stereocenters. The molecular weight excluding hydrogens is 392 g/mol. The zero-order valence-electron chi connectivity index (χ0n) is 14.7. The molecule has 10 heteroatoms. The number of halogens is 2. The molecule has 0 aliphatic heterocycles. The first kappa shape index (κ1) is 19.9. The molecule has 0 amide bonds. The van der Waals surface area contributed by atoms with E-state index in [-0.39, 0.29) is 10.5 Å². The van der Waals surface area contributed by atoms with Crippen LogP contribution in [0.4, 0.5) is 8.78 Å². The van der Waals surface area contributed by atoms with Gasteiger partial charge in [0.15, 0.2) is 0 Å². The molecule has 0 fully saturated rings. The fraction of sp³-hybridized carbons (Fsp3) is 0.167. The van der Waals surface area contributed by atoms with Crippen LogP contribution >= 0.6 is 0 Å². The first-order valence-corrected chi connectivity index (χ1v) is 9.58. The van der Waals surface area contributed by atoms with Crippen LogP contribution in [0.1, 0.15) is 17.7 Å². The minimum atomic E-state index is -4.05. The third kappa shape index (κ3) is 3.88. The van der Waals surface area contributed by atoms with Gasteiger partial charge in [0.1, 0.15) is 11.4 Å². The first-order valence-electron chi connectivity index (χ1n) is 8.04. The van der Waals surface area contributed by atoms with Gasteiger partial charge in [-0.15, -0.1) is 0 Å². The van der Waals surface area contributed by atoms with Crippen LogP contribution in [0.15, 0.2) is 53.4 Å². The quantitative estimate of drug-likeness (QED) is 0.651. The van der Waals surface area contributed by atoms with Gasteiger partial charge in [-0.2, -0.15) is 5.10 Å². The second-order valence-electron chi connectivity index (χ2n) is 5.89. The lowest BCUT2D eigenvalue weighted by Crippen LogP contribution is -2.15. The van der Waals surface area contributed by atoms with Gasteiger partial charge >= 0.3 is 0 Å². The summed E-state index contributed by atoms with van der Waals surface area (Å²) in [4.78, 5) is -0.244. The molecule has 0 atom stereocenters. The highest BCUT2D eigenvalue weighted by Crippen LogP contribution is 2.30. The van der Waals surface area contributed by atoms with Crippen molar-refractivity contribution in [3.05, 3.63) is 59.8 Å². The number of aromatic nitrogens is 2. The van der Waals surface area contributed by atoms with Crippen molar-refractivity contribution in [1.82, 2.24) is 9.78 Å². The molecular formula is C18H17F2N3O4S. The predicted octanol–water partition coefficient (Wildman–Crippen LogP) is 2.63. The highest BCUT2D eigenvalue weighted by molar-refractivity contribution is 7.89. The van der Waals surface area contributed by atoms with Crippen molar-refractivity contribution in [2.75, 3.05) is 7.11 Å². The topological polar surface area (TPSA) is 107 Å². The average Bonchev–Trinajstić information content (AvgIpc) is 3.12. The van der Waals surface area contributed by atoms with Crippen molar-refractivity contribution >= 4 is 10.0 Å². The second kappa shape index (κ2) is 7.66. The molecule has 148 valence electrons. The van der Waals surface area contributed by atoms with E-state index in [1.165, 1.54) is 36.1 Å². The van der Waals surface area contributed by atoms with Crippen LogP contribution in [0, 0.1) is 0 Å². The summed E-state index contributed by atoms with van der Waals surface area (Å²) < 4.78 is 56.1. The van der Waals surface area contributed by atoms with Gasteiger partial charge < -0.3 is 9.84 Å². The predicted molar refractivity (Wildman–Crippen MR) is 97.8 cm³/mol. The normalized spacial score (nSPS) is 11.8. The van der Waals surface area contributed by atoms with E-state index in [1.807, 2.05) is 0 Å². The van der Waals surface area contributed by atoms with Crippen molar-refractivity contribution in [1.29, 1.82) is 0 Å². The monoisotopic (exact) mass is 409 g/mol. The van der Waals surface area contributed by atoms with E-state index < -0.39 is 28.7 Å². The molecule has 0 saturated heterocycles. The third-order valence-electron chi connectivity index (χ3n) is 4.10. The number of aliphatic hydroxyl groups excluding tert-OH is 1. The Labute approximate surface area is 160 Å². The number of nitrogens with zero attached hydrogens (tertiary/aromatic N) is 2. The summed E-state index contributed by atoms with van der Waals surface area (Å²) in [5.41, 5.74) is 0.863. The number of hydrogen-bond acceptors (Lipinski definition) is 5. The van der Waals surface area contributed by atoms with Crippen molar-refractivity contribution in [2.45, 2.75) is 17.9 Å². The Bertz CT molecular complexity index is 1100. The van der Waals surface area contributed by atoms with E-state index in [0.717, 1.165) is 0 Å². The van der Waals surface area contributed by atoms with Gasteiger partial charge in [0.25, 0.3) is 6.43 Å². The average molecular weight is 409 g/mol. The lowest BCUT2D eigenvalue weighted by Gasteiger charge is -2.12. The molecule has 3 rings (SSSR count). The highest BCUT2D eigenvalue weighted by atomic mass is 32.2. The zero-order valence-corrected chi connectivity index (χ0v) is 15.5. The molecule has 2 aromatic carbocycles. The molecule has 0 radical (unpaired) electrons. The number of alkyl halides is 2. The van der Waals surface area contributed by atoms with Crippen molar-refractivity contribution in [2.24, 2.45) is 5.14 Å². The van der Waals surface area contributed by atoms with Crippen LogP contribution < -0.4 is 9.88 Å². The third-order valence-corrected chi connectivity index (χ3v) is 5.11. The standard InChI is InChI=1S/C18H17F2N3O4S/c1-27-14-5-2-11(3-6-14)16-9-15(18(19)20)22-23(16)13-4-7-17(28(21,25)26)12(8-13)10-24/h2-9,18,24H,10H2,1H3,(H2,21,25,26). The highest BCUT2D eigenvalue weighted by Gasteiger charge is 2.20. The molecule has 0 bridgehead atoms. The lowest BCUT2D eigenvalue weighted by atomic mass is 10.1. The Kier molecular flexibility index (Phi) is 5.45. The number of hydrogen-bond donors (Lipinski definition) is 2. The van der Waals surface area contributed by atoms with Crippen LogP contribution in [0.3, 0.4) is 0 Å². The minimum Gasteiger partial charge on any atom is -0.497 e. The van der Waals surface area contributed by atoms with Crippen LogP contribution in [0.5, 0.6) is 5.75 Å². The summed E-state index contributed by atoms with van der Waals surface area (Å²) in [6.07, 6.45) is -2.79. The number of methoxy groups -OCH3 is 1. The van der Waals surface area contributed by atoms with Gasteiger partial charge in [0.2, 0.25) is 10.0 Å². The largest absolute Gasteiger partial charge is 0.497 e. The smallest absolute Gasteiger partial charge is 0.282 e. The summed E-state index contributed by atoms with van der Waals surface area (Å²) >= 11 is 0. The van der Waals surface area contributed by atoms with Crippen molar-refractivity contribution < 1.29 is 27.0 Å². The molecule has 1 heterocycles. The molecule has 3 N–H and O–H groups in total. The Morgan fingerprint density at radius 1 is 1.18 bits per heavy atom. The maximum Gasteiger partial charge on any atom is 0.282 e. The Morgan fingerprint density at radius 3 is 2.39 bits per heavy atom. The summed E-state index contributed by atoms with van der Waals surface area (Å²) in [5, 5.41) is 18.6. The van der Waals surface area contributed by atoms with Crippen molar-refractivity contribution in [3.63, 3.8) is 0 Å². The zero-order chi connectivity index (χ0) is 20.5. The Balaban J connectivity index is 2.18. The van der Waals surface area contributed by atoms with Crippen LogP contribution in [0.25, 0.3) is 16.9 Å². The summed E-state index contributed by atoms with van der Waals surface area (Å²) in [6, 6.07) is 11.9. The van der Waals surface area contributed by atoms with E-state index in [1.54, 1.807) is 24.3 Å². The first-order chi connectivity index (χ1) is 13.2. The minimum absolute atomic E-state index is 0.0368. The summed E-state index contributed by atoms with van der Waals surface area (Å²) in [5.74, 6) is 0.601. The van der Waals surface area contributed by atoms with Crippen molar-refractivity contribution in [3.8, 4) is 22.7 Å². The summed E-state index contributed by atoms with van der Waals surface area (Å²) in [7, 11) is -2.53. The van der Waals surface area contributed by atoms with Gasteiger partial charge in [-0.3, -0.25) is 0 Å². The van der Waals surface area contributed by atoms with E-state index in [2.05, 4.69) is 5.10 Å². The molecule has 0 aliphatic carbocycles. The van der Waals surface area contributed by atoms with Gasteiger partial charge in [0, 0.05) is 5.56 Å². The molecule has 0 saturated carbocycles. The SMILES string of the molecule is COc1ccc(-c2cc(C(F)F)nn2-c2ccc(S(N)(=O)=O)c(CO)c2)cc1. The van der Waals surface area contributed by atoms with Gasteiger partial charge in [-0.05, 0) is 54.1 Å². The van der Waals surface area contributed by atoms with Gasteiger partial charge in [0.05, 0.1) is 30.0 Å². The van der Waals surface area contributed by atoms with Gasteiger partial charge in [-0.25, -0.2) is 27.0 Å². The maximum absolute atomic E-state index is 13.2. The van der Waals surface area contributed by atoms with Crippen LogP contribution in [-0.2, 0) is 16.6 Å². The number of benzene rings is 2. The molecule has 0 aliphatic rings.